The highest BCUT2D eigenvalue weighted by Gasteiger charge is 2.18. The molecule has 0 heterocycles. The van der Waals surface area contributed by atoms with Gasteiger partial charge in [-0.15, -0.1) is 0 Å². The van der Waals surface area contributed by atoms with Gasteiger partial charge in [-0.1, -0.05) is 42.5 Å². The van der Waals surface area contributed by atoms with E-state index in [2.05, 4.69) is 0 Å². The van der Waals surface area contributed by atoms with Crippen LogP contribution in [0.4, 0.5) is 5.69 Å². The van der Waals surface area contributed by atoms with Gasteiger partial charge in [-0.2, -0.15) is 0 Å². The first-order valence-electron chi connectivity index (χ1n) is 6.92. The van der Waals surface area contributed by atoms with Crippen LogP contribution >= 0.6 is 0 Å². The highest BCUT2D eigenvalue weighted by atomic mass is 16.5. The van der Waals surface area contributed by atoms with Crippen LogP contribution in [0.15, 0.2) is 66.7 Å². The minimum atomic E-state index is -0.259. The number of carbonyl (C=O) groups is 1. The Balaban J connectivity index is 2.09. The summed E-state index contributed by atoms with van der Waals surface area (Å²) in [6, 6.07) is 20.3. The van der Waals surface area contributed by atoms with Crippen molar-refractivity contribution in [1.29, 1.82) is 0 Å². The van der Waals surface area contributed by atoms with Gasteiger partial charge in [0.1, 0.15) is 5.75 Å². The van der Waals surface area contributed by atoms with Crippen LogP contribution in [0, 0.1) is 0 Å². The van der Waals surface area contributed by atoms with E-state index in [0.717, 1.165) is 21.5 Å². The number of methoxy groups -OCH3 is 1. The molecule has 22 heavy (non-hydrogen) atoms. The summed E-state index contributed by atoms with van der Waals surface area (Å²) >= 11 is 0. The average molecular weight is 292 g/mol. The first-order chi connectivity index (χ1) is 10.7. The highest BCUT2D eigenvalue weighted by molar-refractivity contribution is 6.14. The maximum absolute atomic E-state index is 12.7. The summed E-state index contributed by atoms with van der Waals surface area (Å²) in [7, 11) is 1.61. The Morgan fingerprint density at radius 3 is 2.23 bits per heavy atom. The number of hydrazine groups is 1. The van der Waals surface area contributed by atoms with Gasteiger partial charge >= 0.3 is 0 Å². The second kappa shape index (κ2) is 5.87. The third kappa shape index (κ3) is 2.40. The van der Waals surface area contributed by atoms with Crippen molar-refractivity contribution in [2.75, 3.05) is 12.1 Å². The average Bonchev–Trinajstić information content (AvgIpc) is 2.60. The quantitative estimate of drug-likeness (QED) is 0.457. The molecule has 0 aliphatic carbocycles. The zero-order valence-corrected chi connectivity index (χ0v) is 12.2. The number of para-hydroxylation sites is 1. The predicted molar refractivity (Wildman–Crippen MR) is 87.9 cm³/mol. The summed E-state index contributed by atoms with van der Waals surface area (Å²) in [5.41, 5.74) is 1.19. The second-order valence-corrected chi connectivity index (χ2v) is 4.87. The van der Waals surface area contributed by atoms with Crippen molar-refractivity contribution >= 4 is 22.4 Å². The molecule has 0 saturated carbocycles. The number of fused-ring (bicyclic) bond motifs is 1. The molecule has 110 valence electrons. The maximum atomic E-state index is 12.7. The SMILES string of the molecule is COc1ccc(C(=O)N(N)c2ccccc2)c2ccccc12. The van der Waals surface area contributed by atoms with Crippen molar-refractivity contribution in [2.24, 2.45) is 5.84 Å². The molecule has 3 aromatic rings. The minimum absolute atomic E-state index is 0.259. The van der Waals surface area contributed by atoms with Gasteiger partial charge in [-0.3, -0.25) is 4.79 Å². The molecule has 0 aliphatic rings. The Hall–Kier alpha value is -2.85. The fourth-order valence-electron chi connectivity index (χ4n) is 2.47. The minimum Gasteiger partial charge on any atom is -0.496 e. The Labute approximate surface area is 128 Å². The van der Waals surface area contributed by atoms with Crippen molar-refractivity contribution in [3.05, 3.63) is 72.3 Å². The van der Waals surface area contributed by atoms with Crippen molar-refractivity contribution in [2.45, 2.75) is 0 Å². The monoisotopic (exact) mass is 292 g/mol. The fourth-order valence-corrected chi connectivity index (χ4v) is 2.47. The Kier molecular flexibility index (Phi) is 3.76. The molecule has 0 spiro atoms. The summed E-state index contributed by atoms with van der Waals surface area (Å²) in [6.45, 7) is 0. The summed E-state index contributed by atoms with van der Waals surface area (Å²) < 4.78 is 5.35. The van der Waals surface area contributed by atoms with E-state index in [0.29, 0.717) is 11.3 Å². The predicted octanol–water partition coefficient (Wildman–Crippen LogP) is 3.37. The number of ether oxygens (including phenoxy) is 1. The molecule has 0 aromatic heterocycles. The van der Waals surface area contributed by atoms with Crippen molar-refractivity contribution in [3.63, 3.8) is 0 Å². The van der Waals surface area contributed by atoms with E-state index < -0.39 is 0 Å². The topological polar surface area (TPSA) is 55.6 Å². The molecule has 3 aromatic carbocycles. The van der Waals surface area contributed by atoms with Crippen LogP contribution in [-0.2, 0) is 0 Å². The van der Waals surface area contributed by atoms with Crippen LogP contribution < -0.4 is 15.6 Å². The summed E-state index contributed by atoms with van der Waals surface area (Å²) in [6.07, 6.45) is 0. The lowest BCUT2D eigenvalue weighted by Crippen LogP contribution is -2.37. The molecular formula is C18H16N2O2. The lowest BCUT2D eigenvalue weighted by atomic mass is 10.0. The van der Waals surface area contributed by atoms with Gasteiger partial charge in [-0.05, 0) is 29.7 Å². The molecular weight excluding hydrogens is 276 g/mol. The zero-order valence-electron chi connectivity index (χ0n) is 12.2. The molecule has 1 amide bonds. The largest absolute Gasteiger partial charge is 0.496 e. The molecule has 0 aliphatic heterocycles. The van der Waals surface area contributed by atoms with Gasteiger partial charge in [0.05, 0.1) is 12.8 Å². The van der Waals surface area contributed by atoms with Gasteiger partial charge in [0.2, 0.25) is 0 Å². The number of benzene rings is 3. The van der Waals surface area contributed by atoms with E-state index in [9.17, 15) is 4.79 Å². The van der Waals surface area contributed by atoms with E-state index in [4.69, 9.17) is 10.6 Å². The highest BCUT2D eigenvalue weighted by Crippen LogP contribution is 2.29. The number of nitrogens with zero attached hydrogens (tertiary/aromatic N) is 1. The smallest absolute Gasteiger partial charge is 0.273 e. The third-order valence-electron chi connectivity index (χ3n) is 3.59. The van der Waals surface area contributed by atoms with E-state index in [1.807, 2.05) is 42.5 Å². The van der Waals surface area contributed by atoms with Crippen LogP contribution in [0.3, 0.4) is 0 Å². The number of amides is 1. The lowest BCUT2D eigenvalue weighted by Gasteiger charge is -2.18. The first-order valence-corrected chi connectivity index (χ1v) is 6.92. The number of nitrogens with two attached hydrogens (primary N) is 1. The third-order valence-corrected chi connectivity index (χ3v) is 3.59. The first kappa shape index (κ1) is 14.1. The summed E-state index contributed by atoms with van der Waals surface area (Å²) in [5, 5.41) is 2.87. The molecule has 0 unspecified atom stereocenters. The summed E-state index contributed by atoms with van der Waals surface area (Å²) in [5.74, 6) is 6.46. The van der Waals surface area contributed by atoms with Crippen LogP contribution in [0.25, 0.3) is 10.8 Å². The van der Waals surface area contributed by atoms with Gasteiger partial charge in [0.25, 0.3) is 5.91 Å². The molecule has 0 saturated heterocycles. The molecule has 0 atom stereocenters. The van der Waals surface area contributed by atoms with Crippen LogP contribution in [-0.4, -0.2) is 13.0 Å². The Morgan fingerprint density at radius 1 is 0.909 bits per heavy atom. The Morgan fingerprint density at radius 2 is 1.55 bits per heavy atom. The number of hydrogen-bond acceptors (Lipinski definition) is 3. The van der Waals surface area contributed by atoms with Crippen LogP contribution in [0.5, 0.6) is 5.75 Å². The summed E-state index contributed by atoms with van der Waals surface area (Å²) in [4.78, 5) is 12.7. The molecule has 0 fully saturated rings. The number of hydrogen-bond donors (Lipinski definition) is 1. The van der Waals surface area contributed by atoms with Crippen LogP contribution in [0.1, 0.15) is 10.4 Å². The Bertz CT molecular complexity index is 816. The molecule has 0 bridgehead atoms. The van der Waals surface area contributed by atoms with E-state index in [1.54, 1.807) is 31.4 Å². The number of rotatable bonds is 3. The lowest BCUT2D eigenvalue weighted by molar-refractivity contribution is 0.0988. The van der Waals surface area contributed by atoms with Crippen LogP contribution in [0.2, 0.25) is 0 Å². The van der Waals surface area contributed by atoms with Gasteiger partial charge in [-0.25, -0.2) is 10.9 Å². The van der Waals surface area contributed by atoms with Crippen molar-refractivity contribution < 1.29 is 9.53 Å². The van der Waals surface area contributed by atoms with E-state index in [-0.39, 0.29) is 5.91 Å². The molecule has 4 nitrogen and oxygen atoms in total. The second-order valence-electron chi connectivity index (χ2n) is 4.87. The maximum Gasteiger partial charge on any atom is 0.273 e. The standard InChI is InChI=1S/C18H16N2O2/c1-22-17-12-11-16(14-9-5-6-10-15(14)17)18(21)20(19)13-7-3-2-4-8-13/h2-12H,19H2,1H3. The van der Waals surface area contributed by atoms with Gasteiger partial charge in [0.15, 0.2) is 0 Å². The number of carbonyl (C=O) groups excluding carboxylic acids is 1. The van der Waals surface area contributed by atoms with Crippen molar-refractivity contribution in [3.8, 4) is 5.75 Å². The number of anilines is 1. The normalized spacial score (nSPS) is 10.5. The van der Waals surface area contributed by atoms with Crippen molar-refractivity contribution in [1.82, 2.24) is 0 Å². The molecule has 2 N–H and O–H groups in total. The molecule has 0 radical (unpaired) electrons. The zero-order chi connectivity index (χ0) is 15.5. The van der Waals surface area contributed by atoms with Gasteiger partial charge < -0.3 is 4.74 Å². The fraction of sp³-hybridized carbons (Fsp3) is 0.0556. The molecule has 3 rings (SSSR count). The van der Waals surface area contributed by atoms with E-state index in [1.165, 1.54) is 0 Å². The van der Waals surface area contributed by atoms with E-state index >= 15 is 0 Å². The molecule has 4 heteroatoms. The van der Waals surface area contributed by atoms with Gasteiger partial charge in [0, 0.05) is 10.9 Å².